The molecular weight excluding hydrogens is 751 g/mol. The number of esters is 1. The number of amides is 2. The van der Waals surface area contributed by atoms with Gasteiger partial charge in [-0.3, -0.25) is 10.1 Å². The van der Waals surface area contributed by atoms with E-state index in [2.05, 4.69) is 17.2 Å². The van der Waals surface area contributed by atoms with Crippen LogP contribution in [0.25, 0.3) is 0 Å². The molecule has 314 valence electrons. The molecule has 4 aromatic rings. The monoisotopic (exact) mass is 807 g/mol. The van der Waals surface area contributed by atoms with Gasteiger partial charge < -0.3 is 29.6 Å². The highest BCUT2D eigenvalue weighted by Crippen LogP contribution is 2.28. The van der Waals surface area contributed by atoms with Crippen molar-refractivity contribution in [3.8, 4) is 0 Å². The summed E-state index contributed by atoms with van der Waals surface area (Å²) in [6, 6.07) is 33.6. The van der Waals surface area contributed by atoms with E-state index in [1.807, 2.05) is 135 Å². The number of nitrogens with one attached hydrogen (secondary N) is 2. The van der Waals surface area contributed by atoms with Crippen LogP contribution in [0.15, 0.2) is 134 Å². The molecule has 0 bridgehead atoms. The van der Waals surface area contributed by atoms with Gasteiger partial charge in [-0.15, -0.1) is 0 Å². The molecule has 2 amide bonds. The molecule has 0 fully saturated rings. The molecule has 4 aromatic carbocycles. The molecule has 6 unspecified atom stereocenters. The summed E-state index contributed by atoms with van der Waals surface area (Å²) in [5, 5.41) is 18.8. The molecule has 12 nitrogen and oxygen atoms in total. The van der Waals surface area contributed by atoms with Crippen LogP contribution in [0.4, 0.5) is 9.59 Å². The third-order valence-corrected chi connectivity index (χ3v) is 9.89. The van der Waals surface area contributed by atoms with E-state index in [0.29, 0.717) is 6.42 Å². The Labute approximate surface area is 347 Å². The van der Waals surface area contributed by atoms with Crippen LogP contribution in [-0.4, -0.2) is 53.4 Å². The van der Waals surface area contributed by atoms with Crippen molar-refractivity contribution in [2.45, 2.75) is 97.4 Å². The first-order valence-corrected chi connectivity index (χ1v) is 20.0. The van der Waals surface area contributed by atoms with Gasteiger partial charge in [-0.1, -0.05) is 163 Å². The molecule has 4 rings (SSSR count). The number of nitro groups is 1. The summed E-state index contributed by atoms with van der Waals surface area (Å²) >= 11 is 0. The maximum atomic E-state index is 14.0. The first-order valence-electron chi connectivity index (χ1n) is 20.0. The maximum Gasteiger partial charge on any atom is 0.408 e. The minimum absolute atomic E-state index is 0.00122. The summed E-state index contributed by atoms with van der Waals surface area (Å²) in [6.45, 7) is 13.4. The normalized spacial score (nSPS) is 14.2. The molecular formula is C47H57N3O9. The van der Waals surface area contributed by atoms with Crippen molar-refractivity contribution >= 4 is 18.2 Å². The zero-order chi connectivity index (χ0) is 42.7. The Hall–Kier alpha value is -6.17. The number of hydrogen-bond acceptors (Lipinski definition) is 9. The summed E-state index contributed by atoms with van der Waals surface area (Å²) in [7, 11) is 0. The van der Waals surface area contributed by atoms with Crippen molar-refractivity contribution in [3.05, 3.63) is 166 Å². The fraction of sp³-hybridized carbons (Fsp3) is 0.383. The van der Waals surface area contributed by atoms with E-state index in [0.717, 1.165) is 22.3 Å². The number of carbonyl (C=O) groups is 3. The van der Waals surface area contributed by atoms with Gasteiger partial charge in [0.1, 0.15) is 31.1 Å². The molecule has 0 aliphatic carbocycles. The molecule has 0 heterocycles. The van der Waals surface area contributed by atoms with Gasteiger partial charge in [-0.25, -0.2) is 14.4 Å². The number of carbonyl (C=O) groups excluding carboxylic acids is 3. The molecule has 0 aromatic heterocycles. The zero-order valence-electron chi connectivity index (χ0n) is 34.5. The van der Waals surface area contributed by atoms with Crippen molar-refractivity contribution in [1.82, 2.24) is 10.6 Å². The van der Waals surface area contributed by atoms with Gasteiger partial charge in [0.05, 0.1) is 12.0 Å². The van der Waals surface area contributed by atoms with Gasteiger partial charge >= 0.3 is 18.2 Å². The minimum atomic E-state index is -1.43. The molecule has 0 radical (unpaired) electrons. The number of hydrogen-bond donors (Lipinski definition) is 2. The van der Waals surface area contributed by atoms with Gasteiger partial charge in [0.2, 0.25) is 0 Å². The van der Waals surface area contributed by atoms with Crippen molar-refractivity contribution in [1.29, 1.82) is 0 Å². The first kappa shape index (κ1) is 45.5. The van der Waals surface area contributed by atoms with E-state index in [1.54, 1.807) is 20.8 Å². The molecule has 0 aliphatic heterocycles. The van der Waals surface area contributed by atoms with Crippen LogP contribution in [0.1, 0.15) is 63.3 Å². The topological polar surface area (TPSA) is 155 Å². The summed E-state index contributed by atoms with van der Waals surface area (Å²) in [5.41, 5.74) is 3.15. The van der Waals surface area contributed by atoms with E-state index in [-0.39, 0.29) is 37.7 Å². The van der Waals surface area contributed by atoms with E-state index in [1.165, 1.54) is 0 Å². The third-order valence-electron chi connectivity index (χ3n) is 9.89. The average Bonchev–Trinajstić information content (AvgIpc) is 3.21. The van der Waals surface area contributed by atoms with Gasteiger partial charge in [0.25, 0.3) is 6.04 Å². The van der Waals surface area contributed by atoms with E-state index in [4.69, 9.17) is 18.9 Å². The van der Waals surface area contributed by atoms with E-state index >= 15 is 0 Å². The fourth-order valence-electron chi connectivity index (χ4n) is 6.68. The third kappa shape index (κ3) is 15.3. The first-order chi connectivity index (χ1) is 28.3. The largest absolute Gasteiger partial charge is 0.486 e. The number of rotatable bonds is 22. The molecule has 0 saturated heterocycles. The fourth-order valence-corrected chi connectivity index (χ4v) is 6.68. The lowest BCUT2D eigenvalue weighted by Gasteiger charge is -2.33. The Bertz CT molecular complexity index is 1910. The molecule has 59 heavy (non-hydrogen) atoms. The van der Waals surface area contributed by atoms with E-state index in [9.17, 15) is 24.5 Å². The minimum Gasteiger partial charge on any atom is -0.486 e. The lowest BCUT2D eigenvalue weighted by molar-refractivity contribution is -0.546. The van der Waals surface area contributed by atoms with Crippen LogP contribution in [-0.2, 0) is 49.8 Å². The molecule has 12 heteroatoms. The quantitative estimate of drug-likeness (QED) is 0.0261. The molecule has 2 N–H and O–H groups in total. The second-order valence-corrected chi connectivity index (χ2v) is 15.4. The number of benzene rings is 4. The summed E-state index contributed by atoms with van der Waals surface area (Å²) in [5.74, 6) is -1.88. The molecule has 6 atom stereocenters. The number of ether oxygens (including phenoxy) is 4. The maximum absolute atomic E-state index is 14.0. The SMILES string of the molecule is C=C(OC(Cc1ccccc1)C(C(C)C(Cc1ccccc1)OC(=O)C(NC(=O)OCc1ccccc1)C(C)C)[N+](=O)[O-])C(CC(C)C)NC(=O)OCc1ccccc1. The molecule has 0 spiro atoms. The van der Waals surface area contributed by atoms with Crippen molar-refractivity contribution in [2.75, 3.05) is 0 Å². The van der Waals surface area contributed by atoms with Crippen LogP contribution in [0, 0.1) is 27.9 Å². The Morgan fingerprint density at radius 1 is 0.627 bits per heavy atom. The predicted molar refractivity (Wildman–Crippen MR) is 226 cm³/mol. The highest BCUT2D eigenvalue weighted by atomic mass is 16.6. The van der Waals surface area contributed by atoms with Crippen LogP contribution >= 0.6 is 0 Å². The van der Waals surface area contributed by atoms with Gasteiger partial charge in [-0.2, -0.15) is 0 Å². The summed E-state index contributed by atoms with van der Waals surface area (Å²) in [6.07, 6.45) is -2.96. The molecule has 0 saturated carbocycles. The second kappa shape index (κ2) is 23.3. The van der Waals surface area contributed by atoms with Gasteiger partial charge in [0.15, 0.2) is 6.10 Å². The second-order valence-electron chi connectivity index (χ2n) is 15.4. The number of nitrogens with zero attached hydrogens (tertiary/aromatic N) is 1. The van der Waals surface area contributed by atoms with Gasteiger partial charge in [-0.05, 0) is 40.5 Å². The van der Waals surface area contributed by atoms with Crippen molar-refractivity contribution in [3.63, 3.8) is 0 Å². The van der Waals surface area contributed by atoms with Crippen LogP contribution < -0.4 is 10.6 Å². The highest BCUT2D eigenvalue weighted by Gasteiger charge is 2.45. The van der Waals surface area contributed by atoms with Crippen molar-refractivity contribution < 1.29 is 38.3 Å². The lowest BCUT2D eigenvalue weighted by atomic mass is 9.86. The Morgan fingerprint density at radius 2 is 1.05 bits per heavy atom. The summed E-state index contributed by atoms with van der Waals surface area (Å²) in [4.78, 5) is 52.9. The standard InChI is InChI=1S/C47H57N3O9/c1-32(2)27-40(48-46(52)56-30-38-23-15-9-16-24-38)35(6)58-42(29-37-21-13-8-14-22-37)44(50(54)55)34(5)41(28-36-19-11-7-12-20-36)59-45(51)43(33(3)4)49-47(53)57-31-39-25-17-10-18-26-39/h7-26,32-34,40-44H,6,27-31H2,1-5H3,(H,48,52)(H,49,53). The Kier molecular flexibility index (Phi) is 18.0. The molecule has 0 aliphatic rings. The van der Waals surface area contributed by atoms with Gasteiger partial charge in [0, 0.05) is 17.8 Å². The smallest absolute Gasteiger partial charge is 0.408 e. The number of alkyl carbamates (subject to hydrolysis) is 2. The summed E-state index contributed by atoms with van der Waals surface area (Å²) < 4.78 is 23.6. The average molecular weight is 808 g/mol. The Morgan fingerprint density at radius 3 is 1.47 bits per heavy atom. The van der Waals surface area contributed by atoms with Crippen LogP contribution in [0.3, 0.4) is 0 Å². The highest BCUT2D eigenvalue weighted by molar-refractivity contribution is 5.81. The van der Waals surface area contributed by atoms with Crippen LogP contribution in [0.2, 0.25) is 0 Å². The Balaban J connectivity index is 1.61. The lowest BCUT2D eigenvalue weighted by Crippen LogP contribution is -2.51. The van der Waals surface area contributed by atoms with Crippen LogP contribution in [0.5, 0.6) is 0 Å². The zero-order valence-corrected chi connectivity index (χ0v) is 34.5. The van der Waals surface area contributed by atoms with Crippen molar-refractivity contribution in [2.24, 2.45) is 17.8 Å². The predicted octanol–water partition coefficient (Wildman–Crippen LogP) is 8.86. The van der Waals surface area contributed by atoms with E-state index < -0.39 is 65.2 Å².